The number of rotatable bonds is 8. The summed E-state index contributed by atoms with van der Waals surface area (Å²) in [6, 6.07) is 18.6. The van der Waals surface area contributed by atoms with Gasteiger partial charge in [-0.2, -0.15) is 0 Å². The Balaban J connectivity index is 0.00000300. The van der Waals surface area contributed by atoms with E-state index in [1.807, 2.05) is 54.3 Å². The Kier molecular flexibility index (Phi) is 9.45. The van der Waals surface area contributed by atoms with Crippen molar-refractivity contribution >= 4 is 18.3 Å². The molecule has 2 aromatic carbocycles. The number of ether oxygens (including phenoxy) is 1. The molecule has 0 bridgehead atoms. The average molecular weight is 418 g/mol. The van der Waals surface area contributed by atoms with Crippen LogP contribution in [0.4, 0.5) is 0 Å². The molecule has 1 aliphatic rings. The number of carbonyl (C=O) groups is 1. The zero-order valence-electron chi connectivity index (χ0n) is 17.3. The molecule has 0 saturated carbocycles. The summed E-state index contributed by atoms with van der Waals surface area (Å²) in [5.74, 6) is 1.04. The zero-order chi connectivity index (χ0) is 19.8. The third-order valence-electron chi connectivity index (χ3n) is 5.26. The van der Waals surface area contributed by atoms with E-state index >= 15 is 0 Å². The third kappa shape index (κ3) is 7.03. The number of likely N-dealkylation sites (N-methyl/N-ethyl adjacent to an activating group) is 1. The van der Waals surface area contributed by atoms with E-state index in [1.165, 1.54) is 0 Å². The van der Waals surface area contributed by atoms with Crippen molar-refractivity contribution in [1.82, 2.24) is 15.1 Å². The van der Waals surface area contributed by atoms with Crippen LogP contribution in [0.3, 0.4) is 0 Å². The van der Waals surface area contributed by atoms with Crippen LogP contribution in [-0.4, -0.2) is 54.5 Å². The molecule has 1 amide bonds. The molecular weight excluding hydrogens is 386 g/mol. The summed E-state index contributed by atoms with van der Waals surface area (Å²) in [4.78, 5) is 16.9. The largest absolute Gasteiger partial charge is 0.489 e. The SMILES string of the molecule is CCN(Cc1ccc(OCc2ccccc2)cc1)C(=O)CN1CCNC[C@H]1C.Cl. The minimum atomic E-state index is 0. The number of benzene rings is 2. The number of piperazine rings is 1. The van der Waals surface area contributed by atoms with E-state index in [1.54, 1.807) is 0 Å². The summed E-state index contributed by atoms with van der Waals surface area (Å²) in [6.07, 6.45) is 0. The molecule has 1 atom stereocenters. The Bertz CT molecular complexity index is 740. The van der Waals surface area contributed by atoms with Gasteiger partial charge in [0.05, 0.1) is 6.54 Å². The van der Waals surface area contributed by atoms with Gasteiger partial charge in [-0.25, -0.2) is 0 Å². The van der Waals surface area contributed by atoms with Gasteiger partial charge >= 0.3 is 0 Å². The molecule has 3 rings (SSSR count). The Morgan fingerprint density at radius 2 is 1.86 bits per heavy atom. The first kappa shape index (κ1) is 23.2. The van der Waals surface area contributed by atoms with Gasteiger partial charge in [-0.1, -0.05) is 42.5 Å². The van der Waals surface area contributed by atoms with Gasteiger partial charge in [0, 0.05) is 38.8 Å². The van der Waals surface area contributed by atoms with E-state index in [0.717, 1.165) is 36.5 Å². The van der Waals surface area contributed by atoms with Gasteiger partial charge in [0.2, 0.25) is 5.91 Å². The summed E-state index contributed by atoms with van der Waals surface area (Å²) in [5.41, 5.74) is 2.27. The molecule has 0 aromatic heterocycles. The third-order valence-corrected chi connectivity index (χ3v) is 5.26. The van der Waals surface area contributed by atoms with E-state index in [-0.39, 0.29) is 18.3 Å². The summed E-state index contributed by atoms with van der Waals surface area (Å²) in [5, 5.41) is 3.37. The van der Waals surface area contributed by atoms with Crippen LogP contribution in [0.1, 0.15) is 25.0 Å². The smallest absolute Gasteiger partial charge is 0.237 e. The van der Waals surface area contributed by atoms with E-state index in [4.69, 9.17) is 4.74 Å². The lowest BCUT2D eigenvalue weighted by atomic mass is 10.2. The van der Waals surface area contributed by atoms with E-state index < -0.39 is 0 Å². The molecule has 6 heteroatoms. The summed E-state index contributed by atoms with van der Waals surface area (Å²) in [6.45, 7) is 9.44. The molecule has 5 nitrogen and oxygen atoms in total. The van der Waals surface area contributed by atoms with Crippen LogP contribution in [-0.2, 0) is 17.9 Å². The Morgan fingerprint density at radius 1 is 1.14 bits per heavy atom. The van der Waals surface area contributed by atoms with Crippen molar-refractivity contribution in [2.45, 2.75) is 33.0 Å². The molecule has 1 saturated heterocycles. The van der Waals surface area contributed by atoms with Crippen molar-refractivity contribution < 1.29 is 9.53 Å². The lowest BCUT2D eigenvalue weighted by Gasteiger charge is -2.34. The fourth-order valence-electron chi connectivity index (χ4n) is 3.42. The first-order valence-electron chi connectivity index (χ1n) is 10.1. The van der Waals surface area contributed by atoms with Crippen LogP contribution in [0.5, 0.6) is 5.75 Å². The lowest BCUT2D eigenvalue weighted by molar-refractivity contribution is -0.133. The quantitative estimate of drug-likeness (QED) is 0.715. The number of amides is 1. The molecular formula is C23H32ClN3O2. The molecule has 0 spiro atoms. The second kappa shape index (κ2) is 11.8. The van der Waals surface area contributed by atoms with Crippen molar-refractivity contribution in [3.8, 4) is 5.75 Å². The summed E-state index contributed by atoms with van der Waals surface area (Å²) < 4.78 is 5.84. The molecule has 0 unspecified atom stereocenters. The average Bonchev–Trinajstić information content (AvgIpc) is 2.73. The molecule has 1 heterocycles. The fourth-order valence-corrected chi connectivity index (χ4v) is 3.42. The Morgan fingerprint density at radius 3 is 2.52 bits per heavy atom. The summed E-state index contributed by atoms with van der Waals surface area (Å²) >= 11 is 0. The van der Waals surface area contributed by atoms with Crippen molar-refractivity contribution in [3.05, 3.63) is 65.7 Å². The van der Waals surface area contributed by atoms with Gasteiger partial charge in [-0.3, -0.25) is 9.69 Å². The molecule has 1 aliphatic heterocycles. The van der Waals surface area contributed by atoms with Gasteiger partial charge in [-0.15, -0.1) is 12.4 Å². The zero-order valence-corrected chi connectivity index (χ0v) is 18.2. The molecule has 1 fully saturated rings. The highest BCUT2D eigenvalue weighted by atomic mass is 35.5. The van der Waals surface area contributed by atoms with E-state index in [2.05, 4.69) is 29.3 Å². The minimum absolute atomic E-state index is 0. The monoisotopic (exact) mass is 417 g/mol. The molecule has 158 valence electrons. The number of halogens is 1. The maximum Gasteiger partial charge on any atom is 0.237 e. The number of nitrogens with zero attached hydrogens (tertiary/aromatic N) is 2. The number of hydrogen-bond acceptors (Lipinski definition) is 4. The van der Waals surface area contributed by atoms with Gasteiger partial charge in [-0.05, 0) is 37.1 Å². The van der Waals surface area contributed by atoms with Gasteiger partial charge in [0.25, 0.3) is 0 Å². The van der Waals surface area contributed by atoms with Crippen LogP contribution in [0.25, 0.3) is 0 Å². The van der Waals surface area contributed by atoms with Crippen molar-refractivity contribution in [2.24, 2.45) is 0 Å². The van der Waals surface area contributed by atoms with Crippen LogP contribution in [0.2, 0.25) is 0 Å². The van der Waals surface area contributed by atoms with Gasteiger partial charge in [0.1, 0.15) is 12.4 Å². The highest BCUT2D eigenvalue weighted by Gasteiger charge is 2.22. The highest BCUT2D eigenvalue weighted by molar-refractivity contribution is 5.85. The van der Waals surface area contributed by atoms with Crippen molar-refractivity contribution in [2.75, 3.05) is 32.7 Å². The molecule has 2 aromatic rings. The number of hydrogen-bond donors (Lipinski definition) is 1. The minimum Gasteiger partial charge on any atom is -0.489 e. The number of nitrogens with one attached hydrogen (secondary N) is 1. The molecule has 29 heavy (non-hydrogen) atoms. The lowest BCUT2D eigenvalue weighted by Crippen LogP contribution is -2.53. The molecule has 0 radical (unpaired) electrons. The molecule has 1 N–H and O–H groups in total. The van der Waals surface area contributed by atoms with E-state index in [0.29, 0.717) is 32.3 Å². The maximum atomic E-state index is 12.8. The normalized spacial score (nSPS) is 16.7. The number of carbonyl (C=O) groups excluding carboxylic acids is 1. The standard InChI is InChI=1S/C23H31N3O2.ClH/c1-3-25(23(27)17-26-14-13-24-15-19(26)2)16-20-9-11-22(12-10-20)28-18-21-7-5-4-6-8-21;/h4-12,19,24H,3,13-18H2,1-2H3;1H/t19-;/m1./s1. The van der Waals surface area contributed by atoms with Crippen molar-refractivity contribution in [1.29, 1.82) is 0 Å². The highest BCUT2D eigenvalue weighted by Crippen LogP contribution is 2.16. The second-order valence-electron chi connectivity index (χ2n) is 7.35. The van der Waals surface area contributed by atoms with Gasteiger partial charge in [0.15, 0.2) is 0 Å². The molecule has 0 aliphatic carbocycles. The van der Waals surface area contributed by atoms with Crippen LogP contribution in [0.15, 0.2) is 54.6 Å². The first-order valence-corrected chi connectivity index (χ1v) is 10.1. The Labute approximate surface area is 180 Å². The fraction of sp³-hybridized carbons (Fsp3) is 0.435. The predicted molar refractivity (Wildman–Crippen MR) is 119 cm³/mol. The van der Waals surface area contributed by atoms with Crippen LogP contribution >= 0.6 is 12.4 Å². The summed E-state index contributed by atoms with van der Waals surface area (Å²) in [7, 11) is 0. The van der Waals surface area contributed by atoms with Crippen LogP contribution < -0.4 is 10.1 Å². The van der Waals surface area contributed by atoms with Crippen molar-refractivity contribution in [3.63, 3.8) is 0 Å². The van der Waals surface area contributed by atoms with Gasteiger partial charge < -0.3 is 15.0 Å². The van der Waals surface area contributed by atoms with Crippen LogP contribution in [0, 0.1) is 0 Å². The predicted octanol–water partition coefficient (Wildman–Crippen LogP) is 3.33. The Hall–Kier alpha value is -2.08. The maximum absolute atomic E-state index is 12.8. The van der Waals surface area contributed by atoms with E-state index in [9.17, 15) is 4.79 Å². The first-order chi connectivity index (χ1) is 13.7. The topological polar surface area (TPSA) is 44.8 Å². The second-order valence-corrected chi connectivity index (χ2v) is 7.35.